The molecule has 0 amide bonds. The Morgan fingerprint density at radius 2 is 1.30 bits per heavy atom. The van der Waals surface area contributed by atoms with E-state index in [1.807, 2.05) is 76.7 Å². The highest BCUT2D eigenvalue weighted by Gasteiger charge is 2.13. The Bertz CT molecular complexity index is 1510. The highest BCUT2D eigenvalue weighted by molar-refractivity contribution is 5.91. The topological polar surface area (TPSA) is 77.2 Å². The summed E-state index contributed by atoms with van der Waals surface area (Å²) in [5, 5.41) is 9.05. The fourth-order valence-corrected chi connectivity index (χ4v) is 3.96. The van der Waals surface area contributed by atoms with Crippen LogP contribution in [0.3, 0.4) is 0 Å². The third-order valence-corrected chi connectivity index (χ3v) is 5.63. The van der Waals surface area contributed by atoms with Crippen molar-refractivity contribution in [3.8, 4) is 22.4 Å². The van der Waals surface area contributed by atoms with Crippen LogP contribution in [0.15, 0.2) is 97.8 Å². The maximum absolute atomic E-state index is 4.91. The minimum Gasteiger partial charge on any atom is -0.344 e. The predicted molar refractivity (Wildman–Crippen MR) is 127 cm³/mol. The average Bonchev–Trinajstić information content (AvgIpc) is 3.60. The molecule has 4 aromatic heterocycles. The average molecular weight is 432 g/mol. The van der Waals surface area contributed by atoms with Gasteiger partial charge in [-0.1, -0.05) is 60.7 Å². The summed E-state index contributed by atoms with van der Waals surface area (Å²) in [7, 11) is 0. The number of H-pyrrole nitrogens is 1. The highest BCUT2D eigenvalue weighted by Crippen LogP contribution is 2.28. The van der Waals surface area contributed by atoms with E-state index in [0.717, 1.165) is 40.1 Å². The molecule has 0 unspecified atom stereocenters. The van der Waals surface area contributed by atoms with Gasteiger partial charge >= 0.3 is 0 Å². The molecule has 6 rings (SSSR count). The van der Waals surface area contributed by atoms with Gasteiger partial charge < -0.3 is 4.98 Å². The number of benzene rings is 2. The van der Waals surface area contributed by atoms with Crippen molar-refractivity contribution in [3.63, 3.8) is 0 Å². The van der Waals surface area contributed by atoms with Crippen LogP contribution in [0.1, 0.15) is 11.1 Å². The summed E-state index contributed by atoms with van der Waals surface area (Å²) in [6.07, 6.45) is 11.5. The van der Waals surface area contributed by atoms with Crippen LogP contribution in [0.4, 0.5) is 0 Å². The Morgan fingerprint density at radius 1 is 0.697 bits per heavy atom. The Labute approximate surface area is 190 Å². The summed E-state index contributed by atoms with van der Waals surface area (Å²) in [6, 6.07) is 20.6. The van der Waals surface area contributed by atoms with Crippen molar-refractivity contribution in [3.05, 3.63) is 109 Å². The number of hydrogen-bond donors (Lipinski definition) is 1. The predicted octanol–water partition coefficient (Wildman–Crippen LogP) is 4.78. The van der Waals surface area contributed by atoms with E-state index in [9.17, 15) is 0 Å². The molecule has 0 saturated heterocycles. The van der Waals surface area contributed by atoms with Gasteiger partial charge in [0.1, 0.15) is 5.52 Å². The molecule has 7 heteroatoms. The van der Waals surface area contributed by atoms with Crippen LogP contribution < -0.4 is 0 Å². The van der Waals surface area contributed by atoms with Gasteiger partial charge in [-0.2, -0.15) is 10.2 Å². The first-order valence-electron chi connectivity index (χ1n) is 10.8. The molecule has 4 heterocycles. The quantitative estimate of drug-likeness (QED) is 0.412. The van der Waals surface area contributed by atoms with Crippen molar-refractivity contribution in [2.75, 3.05) is 0 Å². The molecule has 160 valence electrons. The van der Waals surface area contributed by atoms with Gasteiger partial charge in [-0.15, -0.1) is 0 Å². The van der Waals surface area contributed by atoms with Crippen LogP contribution in [0, 0.1) is 0 Å². The van der Waals surface area contributed by atoms with Crippen molar-refractivity contribution < 1.29 is 0 Å². The van der Waals surface area contributed by atoms with Gasteiger partial charge in [-0.25, -0.2) is 9.97 Å². The molecule has 0 saturated carbocycles. The Hall–Kier alpha value is -4.52. The summed E-state index contributed by atoms with van der Waals surface area (Å²) in [5.74, 6) is 0. The summed E-state index contributed by atoms with van der Waals surface area (Å²) >= 11 is 0. The molecule has 2 aromatic carbocycles. The van der Waals surface area contributed by atoms with Gasteiger partial charge in [0, 0.05) is 35.3 Å². The van der Waals surface area contributed by atoms with Crippen LogP contribution in [0.25, 0.3) is 33.5 Å². The normalized spacial score (nSPS) is 11.3. The molecule has 0 spiro atoms. The number of nitrogens with zero attached hydrogens (tertiary/aromatic N) is 6. The third-order valence-electron chi connectivity index (χ3n) is 5.63. The molecule has 0 aliphatic carbocycles. The SMILES string of the molecule is c1ccc(Cn2cc(-c3cnc4[nH]cc(-c5cnn(Cc6ccccc6)c5)c4n3)cn2)cc1. The molecule has 0 radical (unpaired) electrons. The van der Waals surface area contributed by atoms with Crippen LogP contribution in [0.5, 0.6) is 0 Å². The minimum absolute atomic E-state index is 0.715. The first-order valence-corrected chi connectivity index (χ1v) is 10.8. The summed E-state index contributed by atoms with van der Waals surface area (Å²) in [4.78, 5) is 12.7. The fourth-order valence-electron chi connectivity index (χ4n) is 3.96. The molecule has 0 aliphatic heterocycles. The van der Waals surface area contributed by atoms with E-state index in [-0.39, 0.29) is 0 Å². The van der Waals surface area contributed by atoms with Crippen LogP contribution >= 0.6 is 0 Å². The summed E-state index contributed by atoms with van der Waals surface area (Å²) in [5.41, 5.74) is 7.70. The molecule has 7 nitrogen and oxygen atoms in total. The maximum Gasteiger partial charge on any atom is 0.156 e. The van der Waals surface area contributed by atoms with E-state index in [2.05, 4.69) is 44.4 Å². The van der Waals surface area contributed by atoms with Crippen molar-refractivity contribution in [1.82, 2.24) is 34.5 Å². The highest BCUT2D eigenvalue weighted by atomic mass is 15.3. The smallest absolute Gasteiger partial charge is 0.156 e. The number of fused-ring (bicyclic) bond motifs is 1. The molecule has 0 atom stereocenters. The molecule has 6 aromatic rings. The van der Waals surface area contributed by atoms with Gasteiger partial charge in [-0.3, -0.25) is 9.36 Å². The Morgan fingerprint density at radius 3 is 1.97 bits per heavy atom. The lowest BCUT2D eigenvalue weighted by Gasteiger charge is -2.01. The zero-order valence-electron chi connectivity index (χ0n) is 17.8. The number of rotatable bonds is 6. The van der Waals surface area contributed by atoms with E-state index in [0.29, 0.717) is 6.54 Å². The van der Waals surface area contributed by atoms with Crippen molar-refractivity contribution in [2.24, 2.45) is 0 Å². The molecule has 0 fully saturated rings. The Kier molecular flexibility index (Phi) is 4.77. The van der Waals surface area contributed by atoms with Gasteiger partial charge in [0.25, 0.3) is 0 Å². The zero-order valence-corrected chi connectivity index (χ0v) is 17.8. The molecule has 33 heavy (non-hydrogen) atoms. The zero-order chi connectivity index (χ0) is 22.0. The largest absolute Gasteiger partial charge is 0.344 e. The third kappa shape index (κ3) is 3.92. The Balaban J connectivity index is 1.28. The van der Waals surface area contributed by atoms with Gasteiger partial charge in [0.2, 0.25) is 0 Å². The fraction of sp³-hybridized carbons (Fsp3) is 0.0769. The molecule has 0 aliphatic rings. The van der Waals surface area contributed by atoms with E-state index < -0.39 is 0 Å². The maximum atomic E-state index is 4.91. The second-order valence-corrected chi connectivity index (χ2v) is 7.98. The van der Waals surface area contributed by atoms with Crippen molar-refractivity contribution in [1.29, 1.82) is 0 Å². The van der Waals surface area contributed by atoms with Crippen LogP contribution in [-0.2, 0) is 13.1 Å². The minimum atomic E-state index is 0.715. The molecule has 1 N–H and O–H groups in total. The summed E-state index contributed by atoms with van der Waals surface area (Å²) in [6.45, 7) is 1.44. The first-order chi connectivity index (χ1) is 16.3. The number of hydrogen-bond acceptors (Lipinski definition) is 4. The molecular weight excluding hydrogens is 410 g/mol. The monoisotopic (exact) mass is 431 g/mol. The van der Waals surface area contributed by atoms with E-state index in [4.69, 9.17) is 4.98 Å². The van der Waals surface area contributed by atoms with Crippen molar-refractivity contribution in [2.45, 2.75) is 13.1 Å². The number of aromatic amines is 1. The lowest BCUT2D eigenvalue weighted by Crippen LogP contribution is -1.99. The molecule has 0 bridgehead atoms. The van der Waals surface area contributed by atoms with Gasteiger partial charge in [0.05, 0.1) is 37.4 Å². The van der Waals surface area contributed by atoms with Crippen LogP contribution in [0.2, 0.25) is 0 Å². The van der Waals surface area contributed by atoms with Crippen molar-refractivity contribution >= 4 is 11.2 Å². The van der Waals surface area contributed by atoms with E-state index >= 15 is 0 Å². The second kappa shape index (κ2) is 8.20. The lowest BCUT2D eigenvalue weighted by atomic mass is 10.1. The summed E-state index contributed by atoms with van der Waals surface area (Å²) < 4.78 is 3.86. The number of nitrogens with one attached hydrogen (secondary N) is 1. The number of aromatic nitrogens is 7. The van der Waals surface area contributed by atoms with E-state index in [1.54, 1.807) is 6.20 Å². The molecular formula is C26H21N7. The van der Waals surface area contributed by atoms with Gasteiger partial charge in [-0.05, 0) is 11.1 Å². The van der Waals surface area contributed by atoms with Crippen LogP contribution in [-0.4, -0.2) is 34.5 Å². The standard InChI is InChI=1S/C26H21N7/c1-3-7-19(8-4-1)15-32-17-21(11-29-32)23-13-27-26-25(23)31-24(14-28-26)22-12-30-33(18-22)16-20-9-5-2-6-10-20/h1-14,17-18H,15-16H2,(H,27,28). The lowest BCUT2D eigenvalue weighted by molar-refractivity contribution is 0.687. The van der Waals surface area contributed by atoms with Gasteiger partial charge in [0.15, 0.2) is 5.65 Å². The second-order valence-electron chi connectivity index (χ2n) is 7.98. The van der Waals surface area contributed by atoms with E-state index in [1.165, 1.54) is 11.1 Å². The first kappa shape index (κ1) is 19.2.